The molecule has 0 amide bonds. The van der Waals surface area contributed by atoms with Gasteiger partial charge < -0.3 is 5.32 Å². The highest BCUT2D eigenvalue weighted by Gasteiger charge is 2.17. The van der Waals surface area contributed by atoms with Gasteiger partial charge in [-0.25, -0.2) is 4.39 Å². The van der Waals surface area contributed by atoms with Gasteiger partial charge >= 0.3 is 0 Å². The highest BCUT2D eigenvalue weighted by Crippen LogP contribution is 2.33. The lowest BCUT2D eigenvalue weighted by atomic mass is 10.1. The van der Waals surface area contributed by atoms with Gasteiger partial charge in [0.1, 0.15) is 5.82 Å². The topological polar surface area (TPSA) is 12.0 Å². The van der Waals surface area contributed by atoms with Gasteiger partial charge in [-0.3, -0.25) is 0 Å². The molecule has 0 aliphatic carbocycles. The second-order valence-electron chi connectivity index (χ2n) is 4.57. The number of rotatable bonds is 4. The average Bonchev–Trinajstić information content (AvgIpc) is 3.12. The molecule has 0 aliphatic rings. The number of thiophene rings is 2. The first-order chi connectivity index (χ1) is 9.74. The third-order valence-electron chi connectivity index (χ3n) is 3.15. The summed E-state index contributed by atoms with van der Waals surface area (Å²) in [6.07, 6.45) is 0. The Morgan fingerprint density at radius 1 is 1.00 bits per heavy atom. The monoisotopic (exact) mass is 303 g/mol. The number of benzene rings is 1. The molecule has 20 heavy (non-hydrogen) atoms. The second-order valence-corrected chi connectivity index (χ2v) is 6.53. The van der Waals surface area contributed by atoms with E-state index in [1.165, 1.54) is 15.8 Å². The van der Waals surface area contributed by atoms with Crippen LogP contribution in [0.3, 0.4) is 0 Å². The maximum absolute atomic E-state index is 13.4. The van der Waals surface area contributed by atoms with E-state index in [1.54, 1.807) is 34.8 Å². The largest absolute Gasteiger partial charge is 0.372 e. The van der Waals surface area contributed by atoms with Crippen molar-refractivity contribution in [3.63, 3.8) is 0 Å². The lowest BCUT2D eigenvalue weighted by Gasteiger charge is -2.19. The van der Waals surface area contributed by atoms with Crippen molar-refractivity contribution in [1.29, 1.82) is 0 Å². The van der Waals surface area contributed by atoms with Crippen molar-refractivity contribution < 1.29 is 4.39 Å². The van der Waals surface area contributed by atoms with Gasteiger partial charge in [0.15, 0.2) is 0 Å². The van der Waals surface area contributed by atoms with Crippen LogP contribution in [0.1, 0.15) is 21.4 Å². The highest BCUT2D eigenvalue weighted by molar-refractivity contribution is 7.11. The SMILES string of the molecule is Cc1ccc(F)cc1NC(c1cccs1)c1cccs1. The molecule has 0 saturated heterocycles. The van der Waals surface area contributed by atoms with Crippen molar-refractivity contribution in [3.05, 3.63) is 74.4 Å². The first kappa shape index (κ1) is 13.3. The van der Waals surface area contributed by atoms with Crippen LogP contribution < -0.4 is 5.32 Å². The van der Waals surface area contributed by atoms with Gasteiger partial charge in [0.25, 0.3) is 0 Å². The van der Waals surface area contributed by atoms with E-state index in [9.17, 15) is 4.39 Å². The van der Waals surface area contributed by atoms with Gasteiger partial charge in [-0.1, -0.05) is 18.2 Å². The summed E-state index contributed by atoms with van der Waals surface area (Å²) in [5.41, 5.74) is 1.89. The summed E-state index contributed by atoms with van der Waals surface area (Å²) < 4.78 is 13.4. The minimum Gasteiger partial charge on any atom is -0.372 e. The number of anilines is 1. The molecule has 3 aromatic rings. The molecule has 0 saturated carbocycles. The van der Waals surface area contributed by atoms with Crippen molar-refractivity contribution in [3.8, 4) is 0 Å². The van der Waals surface area contributed by atoms with Gasteiger partial charge in [0.05, 0.1) is 6.04 Å². The molecule has 0 fully saturated rings. The Morgan fingerprint density at radius 3 is 2.20 bits per heavy atom. The Labute approximate surface area is 125 Å². The number of halogens is 1. The fraction of sp³-hybridized carbons (Fsp3) is 0.125. The van der Waals surface area contributed by atoms with Crippen molar-refractivity contribution in [2.45, 2.75) is 13.0 Å². The summed E-state index contributed by atoms with van der Waals surface area (Å²) >= 11 is 3.42. The predicted octanol–water partition coefficient (Wildman–Crippen LogP) is 5.46. The lowest BCUT2D eigenvalue weighted by molar-refractivity contribution is 0.627. The van der Waals surface area contributed by atoms with E-state index < -0.39 is 0 Å². The molecule has 3 rings (SSSR count). The molecule has 2 heterocycles. The molecule has 0 bridgehead atoms. The van der Waals surface area contributed by atoms with Gasteiger partial charge in [0, 0.05) is 15.4 Å². The number of hydrogen-bond donors (Lipinski definition) is 1. The number of aryl methyl sites for hydroxylation is 1. The molecular weight excluding hydrogens is 289 g/mol. The fourth-order valence-corrected chi connectivity index (χ4v) is 3.76. The number of nitrogens with one attached hydrogen (secondary N) is 1. The van der Waals surface area contributed by atoms with Gasteiger partial charge in [-0.2, -0.15) is 0 Å². The minimum atomic E-state index is -0.214. The lowest BCUT2D eigenvalue weighted by Crippen LogP contribution is -2.10. The minimum absolute atomic E-state index is 0.0792. The average molecular weight is 303 g/mol. The summed E-state index contributed by atoms with van der Waals surface area (Å²) in [5.74, 6) is -0.214. The molecule has 2 aromatic heterocycles. The summed E-state index contributed by atoms with van der Waals surface area (Å²) in [4.78, 5) is 2.47. The Kier molecular flexibility index (Phi) is 3.85. The van der Waals surface area contributed by atoms with Crippen LogP contribution in [0.5, 0.6) is 0 Å². The molecule has 1 nitrogen and oxygen atoms in total. The Hall–Kier alpha value is -1.65. The zero-order valence-corrected chi connectivity index (χ0v) is 12.6. The van der Waals surface area contributed by atoms with E-state index in [4.69, 9.17) is 0 Å². The van der Waals surface area contributed by atoms with Gasteiger partial charge in [0.2, 0.25) is 0 Å². The Bertz CT molecular complexity index is 640. The zero-order valence-electron chi connectivity index (χ0n) is 11.0. The van der Waals surface area contributed by atoms with E-state index in [1.807, 2.05) is 19.1 Å². The summed E-state index contributed by atoms with van der Waals surface area (Å²) in [5, 5.41) is 7.60. The van der Waals surface area contributed by atoms with Gasteiger partial charge in [-0.05, 0) is 47.5 Å². The van der Waals surface area contributed by atoms with Crippen molar-refractivity contribution in [2.24, 2.45) is 0 Å². The van der Waals surface area contributed by atoms with Crippen LogP contribution in [0, 0.1) is 12.7 Å². The molecule has 1 N–H and O–H groups in total. The van der Waals surface area contributed by atoms with Crippen LogP contribution >= 0.6 is 22.7 Å². The molecule has 0 unspecified atom stereocenters. The second kappa shape index (κ2) is 5.77. The standard InChI is InChI=1S/C16H14FNS2/c1-11-6-7-12(17)10-13(11)18-16(14-4-2-8-19-14)15-5-3-9-20-15/h2-10,16,18H,1H3. The van der Waals surface area contributed by atoms with E-state index in [-0.39, 0.29) is 11.9 Å². The highest BCUT2D eigenvalue weighted by atomic mass is 32.1. The van der Waals surface area contributed by atoms with Gasteiger partial charge in [-0.15, -0.1) is 22.7 Å². The maximum Gasteiger partial charge on any atom is 0.125 e. The third-order valence-corrected chi connectivity index (χ3v) is 5.03. The van der Waals surface area contributed by atoms with E-state index in [2.05, 4.69) is 28.2 Å². The molecule has 0 radical (unpaired) electrons. The molecule has 102 valence electrons. The van der Waals surface area contributed by atoms with E-state index >= 15 is 0 Å². The Morgan fingerprint density at radius 2 is 1.65 bits per heavy atom. The first-order valence-electron chi connectivity index (χ1n) is 6.33. The van der Waals surface area contributed by atoms with Crippen molar-refractivity contribution in [2.75, 3.05) is 5.32 Å². The summed E-state index contributed by atoms with van der Waals surface area (Å²) in [6.45, 7) is 1.99. The van der Waals surface area contributed by atoms with E-state index in [0.717, 1.165) is 11.3 Å². The molecule has 4 heteroatoms. The predicted molar refractivity (Wildman–Crippen MR) is 85.2 cm³/mol. The molecule has 0 spiro atoms. The van der Waals surface area contributed by atoms with E-state index in [0.29, 0.717) is 0 Å². The molecule has 1 aromatic carbocycles. The van der Waals surface area contributed by atoms with Crippen LogP contribution in [-0.2, 0) is 0 Å². The number of hydrogen-bond acceptors (Lipinski definition) is 3. The zero-order chi connectivity index (χ0) is 13.9. The Balaban J connectivity index is 1.97. The van der Waals surface area contributed by atoms with Crippen LogP contribution in [0.4, 0.5) is 10.1 Å². The third kappa shape index (κ3) is 2.76. The fourth-order valence-electron chi connectivity index (χ4n) is 2.10. The quantitative estimate of drug-likeness (QED) is 0.675. The van der Waals surface area contributed by atoms with Crippen molar-refractivity contribution >= 4 is 28.4 Å². The normalized spacial score (nSPS) is 10.9. The molecule has 0 atom stereocenters. The first-order valence-corrected chi connectivity index (χ1v) is 8.09. The summed E-state index contributed by atoms with van der Waals surface area (Å²) in [7, 11) is 0. The van der Waals surface area contributed by atoms with Crippen LogP contribution in [0.15, 0.2) is 53.2 Å². The van der Waals surface area contributed by atoms with Crippen molar-refractivity contribution in [1.82, 2.24) is 0 Å². The molecule has 0 aliphatic heterocycles. The van der Waals surface area contributed by atoms with Crippen LogP contribution in [0.25, 0.3) is 0 Å². The van der Waals surface area contributed by atoms with Crippen LogP contribution in [0.2, 0.25) is 0 Å². The molecular formula is C16H14FNS2. The smallest absolute Gasteiger partial charge is 0.125 e. The maximum atomic E-state index is 13.4. The van der Waals surface area contributed by atoms with Crippen LogP contribution in [-0.4, -0.2) is 0 Å². The summed E-state index contributed by atoms with van der Waals surface area (Å²) in [6, 6.07) is 13.2.